The fraction of sp³-hybridized carbons (Fsp3) is 0.417. The summed E-state index contributed by atoms with van der Waals surface area (Å²) >= 11 is 0. The third-order valence-corrected chi connectivity index (χ3v) is 5.31. The van der Waals surface area contributed by atoms with Gasteiger partial charge in [0.2, 0.25) is 5.91 Å². The van der Waals surface area contributed by atoms with Gasteiger partial charge in [0.05, 0.1) is 6.61 Å². The summed E-state index contributed by atoms with van der Waals surface area (Å²) in [6, 6.07) is 13.6. The maximum Gasteiger partial charge on any atom is 0.223 e. The van der Waals surface area contributed by atoms with Crippen LogP contribution in [0, 0.1) is 5.82 Å². The van der Waals surface area contributed by atoms with Crippen LogP contribution < -0.4 is 4.74 Å². The smallest absolute Gasteiger partial charge is 0.223 e. The highest BCUT2D eigenvalue weighted by Crippen LogP contribution is 2.15. The standard InChI is InChI=1S/C24H29FN2O3/c1-2-30-22-10-6-20(7-11-22)23(28)12-13-24(29)27-15-3-14-26(16-17-27)18-19-4-8-21(25)9-5-19/h4-11H,2-3,12-18H2,1H3. The van der Waals surface area contributed by atoms with Gasteiger partial charge in [-0.05, 0) is 55.3 Å². The molecule has 6 heteroatoms. The van der Waals surface area contributed by atoms with E-state index in [1.165, 1.54) is 12.1 Å². The lowest BCUT2D eigenvalue weighted by Crippen LogP contribution is -2.35. The van der Waals surface area contributed by atoms with E-state index in [1.54, 1.807) is 36.4 Å². The molecule has 2 aromatic carbocycles. The van der Waals surface area contributed by atoms with Crippen LogP contribution >= 0.6 is 0 Å². The fourth-order valence-electron chi connectivity index (χ4n) is 3.65. The number of halogens is 1. The molecule has 1 aliphatic heterocycles. The highest BCUT2D eigenvalue weighted by atomic mass is 19.1. The largest absolute Gasteiger partial charge is 0.494 e. The summed E-state index contributed by atoms with van der Waals surface area (Å²) in [5.41, 5.74) is 1.67. The maximum atomic E-state index is 13.1. The maximum absolute atomic E-state index is 13.1. The van der Waals surface area contributed by atoms with Crippen molar-refractivity contribution >= 4 is 11.7 Å². The Morgan fingerprint density at radius 2 is 1.67 bits per heavy atom. The van der Waals surface area contributed by atoms with Crippen molar-refractivity contribution in [2.75, 3.05) is 32.8 Å². The second-order valence-corrected chi connectivity index (χ2v) is 7.52. The van der Waals surface area contributed by atoms with Crippen LogP contribution in [0.5, 0.6) is 5.75 Å². The average molecular weight is 413 g/mol. The van der Waals surface area contributed by atoms with Crippen molar-refractivity contribution in [3.05, 3.63) is 65.5 Å². The Kier molecular flexibility index (Phi) is 7.97. The van der Waals surface area contributed by atoms with E-state index in [0.717, 1.165) is 37.4 Å². The molecule has 0 saturated carbocycles. The molecule has 0 aromatic heterocycles. The van der Waals surface area contributed by atoms with Gasteiger partial charge in [-0.15, -0.1) is 0 Å². The lowest BCUT2D eigenvalue weighted by molar-refractivity contribution is -0.131. The number of rotatable bonds is 8. The van der Waals surface area contributed by atoms with Gasteiger partial charge in [-0.3, -0.25) is 14.5 Å². The lowest BCUT2D eigenvalue weighted by atomic mass is 10.1. The number of Topliss-reactive ketones (excluding diaryl/α,β-unsaturated/α-hetero) is 1. The molecular weight excluding hydrogens is 383 g/mol. The van der Waals surface area contributed by atoms with Gasteiger partial charge in [-0.2, -0.15) is 0 Å². The van der Waals surface area contributed by atoms with Crippen molar-refractivity contribution in [1.82, 2.24) is 9.80 Å². The van der Waals surface area contributed by atoms with Crippen molar-refractivity contribution in [2.45, 2.75) is 32.7 Å². The Morgan fingerprint density at radius 1 is 0.933 bits per heavy atom. The first-order chi connectivity index (χ1) is 14.5. The number of carbonyl (C=O) groups is 2. The molecule has 5 nitrogen and oxygen atoms in total. The molecule has 160 valence electrons. The van der Waals surface area contributed by atoms with Crippen LogP contribution in [0.25, 0.3) is 0 Å². The lowest BCUT2D eigenvalue weighted by Gasteiger charge is -2.22. The van der Waals surface area contributed by atoms with E-state index in [9.17, 15) is 14.0 Å². The van der Waals surface area contributed by atoms with Gasteiger partial charge in [-0.1, -0.05) is 12.1 Å². The van der Waals surface area contributed by atoms with E-state index in [0.29, 0.717) is 25.3 Å². The molecule has 0 spiro atoms. The molecule has 1 fully saturated rings. The SMILES string of the molecule is CCOc1ccc(C(=O)CCC(=O)N2CCCN(Cc3ccc(F)cc3)CC2)cc1. The number of hydrogen-bond acceptors (Lipinski definition) is 4. The van der Waals surface area contributed by atoms with Crippen molar-refractivity contribution in [3.63, 3.8) is 0 Å². The monoisotopic (exact) mass is 412 g/mol. The van der Waals surface area contributed by atoms with Crippen LogP contribution in [-0.4, -0.2) is 54.3 Å². The topological polar surface area (TPSA) is 49.9 Å². The molecule has 0 unspecified atom stereocenters. The molecule has 0 N–H and O–H groups in total. The molecule has 1 aliphatic rings. The summed E-state index contributed by atoms with van der Waals surface area (Å²) < 4.78 is 18.5. The summed E-state index contributed by atoms with van der Waals surface area (Å²) in [6.45, 7) is 6.27. The van der Waals surface area contributed by atoms with Crippen LogP contribution in [0.1, 0.15) is 42.1 Å². The number of ketones is 1. The normalized spacial score (nSPS) is 14.9. The van der Waals surface area contributed by atoms with Gasteiger partial charge in [0.15, 0.2) is 5.78 Å². The van der Waals surface area contributed by atoms with E-state index in [2.05, 4.69) is 4.90 Å². The molecule has 1 heterocycles. The van der Waals surface area contributed by atoms with Crippen molar-refractivity contribution in [2.24, 2.45) is 0 Å². The van der Waals surface area contributed by atoms with E-state index < -0.39 is 0 Å². The Hall–Kier alpha value is -2.73. The molecule has 2 aromatic rings. The molecule has 1 amide bonds. The molecule has 0 aliphatic carbocycles. The first-order valence-corrected chi connectivity index (χ1v) is 10.6. The van der Waals surface area contributed by atoms with Crippen LogP contribution in [0.3, 0.4) is 0 Å². The average Bonchev–Trinajstić information content (AvgIpc) is 3.00. The Morgan fingerprint density at radius 3 is 2.37 bits per heavy atom. The fourth-order valence-corrected chi connectivity index (χ4v) is 3.65. The van der Waals surface area contributed by atoms with Crippen LogP contribution in [-0.2, 0) is 11.3 Å². The summed E-state index contributed by atoms with van der Waals surface area (Å²) in [7, 11) is 0. The highest BCUT2D eigenvalue weighted by Gasteiger charge is 2.20. The molecule has 0 bridgehead atoms. The molecule has 1 saturated heterocycles. The number of nitrogens with zero attached hydrogens (tertiary/aromatic N) is 2. The Balaban J connectivity index is 1.45. The summed E-state index contributed by atoms with van der Waals surface area (Å²) in [4.78, 5) is 29.2. The van der Waals surface area contributed by atoms with Crippen LogP contribution in [0.4, 0.5) is 4.39 Å². The van der Waals surface area contributed by atoms with Crippen molar-refractivity contribution in [1.29, 1.82) is 0 Å². The summed E-state index contributed by atoms with van der Waals surface area (Å²) in [5, 5.41) is 0. The van der Waals surface area contributed by atoms with Gasteiger partial charge in [0.25, 0.3) is 0 Å². The van der Waals surface area contributed by atoms with Crippen molar-refractivity contribution in [3.8, 4) is 5.75 Å². The van der Waals surface area contributed by atoms with Gasteiger partial charge in [-0.25, -0.2) is 4.39 Å². The number of carbonyl (C=O) groups excluding carboxylic acids is 2. The number of benzene rings is 2. The van der Waals surface area contributed by atoms with Crippen molar-refractivity contribution < 1.29 is 18.7 Å². The van der Waals surface area contributed by atoms with Gasteiger partial charge in [0, 0.05) is 51.1 Å². The minimum absolute atomic E-state index is 0.0259. The molecule has 30 heavy (non-hydrogen) atoms. The summed E-state index contributed by atoms with van der Waals surface area (Å²) in [5.74, 6) is 0.503. The zero-order valence-corrected chi connectivity index (χ0v) is 17.5. The predicted molar refractivity (Wildman–Crippen MR) is 114 cm³/mol. The summed E-state index contributed by atoms with van der Waals surface area (Å²) in [6.07, 6.45) is 1.33. The first kappa shape index (κ1) is 22.0. The Labute approximate surface area is 177 Å². The quantitative estimate of drug-likeness (QED) is 0.617. The highest BCUT2D eigenvalue weighted by molar-refractivity contribution is 5.98. The molecule has 0 radical (unpaired) electrons. The third-order valence-electron chi connectivity index (χ3n) is 5.31. The number of hydrogen-bond donors (Lipinski definition) is 0. The molecular formula is C24H29FN2O3. The van der Waals surface area contributed by atoms with E-state index >= 15 is 0 Å². The van der Waals surface area contributed by atoms with Gasteiger partial charge < -0.3 is 9.64 Å². The number of ether oxygens (including phenoxy) is 1. The van der Waals surface area contributed by atoms with E-state index in [4.69, 9.17) is 4.74 Å². The predicted octanol–water partition coefficient (Wildman–Crippen LogP) is 3.92. The minimum Gasteiger partial charge on any atom is -0.494 e. The van der Waals surface area contributed by atoms with Crippen LogP contribution in [0.15, 0.2) is 48.5 Å². The zero-order valence-electron chi connectivity index (χ0n) is 17.5. The van der Waals surface area contributed by atoms with E-state index in [1.807, 2.05) is 11.8 Å². The van der Waals surface area contributed by atoms with Crippen LogP contribution in [0.2, 0.25) is 0 Å². The molecule has 3 rings (SSSR count). The zero-order chi connectivity index (χ0) is 21.3. The second-order valence-electron chi connectivity index (χ2n) is 7.52. The second kappa shape index (κ2) is 10.9. The van der Waals surface area contributed by atoms with Gasteiger partial charge in [0.1, 0.15) is 11.6 Å². The Bertz CT molecular complexity index is 837. The molecule has 0 atom stereocenters. The minimum atomic E-state index is -0.230. The number of amides is 1. The van der Waals surface area contributed by atoms with E-state index in [-0.39, 0.29) is 30.3 Å². The first-order valence-electron chi connectivity index (χ1n) is 10.6. The van der Waals surface area contributed by atoms with Gasteiger partial charge >= 0.3 is 0 Å². The third kappa shape index (κ3) is 6.39.